The highest BCUT2D eigenvalue weighted by molar-refractivity contribution is 5.68. The van der Waals surface area contributed by atoms with E-state index in [1.165, 1.54) is 4.90 Å². The predicted molar refractivity (Wildman–Crippen MR) is 309 cm³/mol. The second kappa shape index (κ2) is 25.1. The number of nitrogens with zero attached hydrogens (tertiary/aromatic N) is 7. The Morgan fingerprint density at radius 3 is 0.925 bits per heavy atom. The molecule has 8 aliphatic rings. The maximum Gasteiger partial charge on any atom is 0.299 e. The van der Waals surface area contributed by atoms with Crippen LogP contribution in [0.3, 0.4) is 0 Å². The van der Waals surface area contributed by atoms with Gasteiger partial charge in [0.15, 0.2) is 48.3 Å². The monoisotopic (exact) mass is 1320 g/mol. The summed E-state index contributed by atoms with van der Waals surface area (Å²) < 4.78 is 74.2. The fraction of sp³-hybridized carbons (Fsp3) is 0.667. The number of nitro benzene ring substituents is 6. The van der Waals surface area contributed by atoms with E-state index in [0.717, 1.165) is 54.6 Å². The molecule has 8 heterocycles. The van der Waals surface area contributed by atoms with Crippen LogP contribution >= 0.6 is 0 Å². The lowest BCUT2D eigenvalue weighted by atomic mass is 9.98. The van der Waals surface area contributed by atoms with Crippen molar-refractivity contribution in [2.75, 3.05) is 42.1 Å². The zero-order chi connectivity index (χ0) is 67.3. The molecule has 8 aliphatic heterocycles. The van der Waals surface area contributed by atoms with Gasteiger partial charge in [-0.25, -0.2) is 0 Å². The number of nitrogens with one attached hydrogen (secondary N) is 4. The van der Waals surface area contributed by atoms with E-state index in [0.29, 0.717) is 0 Å². The smallest absolute Gasteiger partial charge is 0.299 e. The molecule has 39 heteroatoms. The summed E-state index contributed by atoms with van der Waals surface area (Å²) in [6.45, 7) is 10.6. The first-order valence-electron chi connectivity index (χ1n) is 29.4. The average molecular weight is 1320 g/mol. The van der Waals surface area contributed by atoms with Crippen LogP contribution in [-0.4, -0.2) is 227 Å². The zero-order valence-corrected chi connectivity index (χ0v) is 50.8. The molecule has 0 spiro atoms. The molecule has 0 bridgehead atoms. The maximum absolute atomic E-state index is 12.7. The van der Waals surface area contributed by atoms with Crippen molar-refractivity contribution in [2.45, 2.75) is 201 Å². The van der Waals surface area contributed by atoms with Crippen LogP contribution < -0.4 is 21.3 Å². The van der Waals surface area contributed by atoms with Crippen molar-refractivity contribution >= 4 is 51.2 Å². The average Bonchev–Trinajstić information content (AvgIpc) is 1.63. The third kappa shape index (κ3) is 13.8. The molecule has 93 heavy (non-hydrogen) atoms. The number of fused-ring (bicyclic) bond motifs is 4. The molecule has 8 N–H and O–H groups in total. The Morgan fingerprint density at radius 2 is 0.656 bits per heavy atom. The van der Waals surface area contributed by atoms with Crippen LogP contribution in [0.1, 0.15) is 55.4 Å². The van der Waals surface area contributed by atoms with Crippen LogP contribution in [0.15, 0.2) is 54.6 Å². The lowest BCUT2D eigenvalue weighted by molar-refractivity contribution is -0.393. The summed E-state index contributed by atoms with van der Waals surface area (Å²) in [6, 6.07) is 4.02. The van der Waals surface area contributed by atoms with E-state index in [1.54, 1.807) is 55.4 Å². The summed E-state index contributed by atoms with van der Waals surface area (Å²) in [6.07, 6.45) is -21.2. The van der Waals surface area contributed by atoms with Gasteiger partial charge in [-0.15, -0.1) is 0 Å². The number of hydrogen-bond donors (Lipinski definition) is 8. The molecule has 39 nitrogen and oxygen atoms in total. The summed E-state index contributed by atoms with van der Waals surface area (Å²) in [5, 5.41) is 134. The van der Waals surface area contributed by atoms with Crippen LogP contribution in [0.2, 0.25) is 0 Å². The topological polar surface area (TPSA) is 502 Å². The van der Waals surface area contributed by atoms with Crippen LogP contribution in [0.4, 0.5) is 51.2 Å². The summed E-state index contributed by atoms with van der Waals surface area (Å²) in [7, 11) is 0. The molecule has 0 amide bonds. The van der Waals surface area contributed by atoms with Gasteiger partial charge in [0, 0.05) is 44.4 Å². The van der Waals surface area contributed by atoms with Gasteiger partial charge in [-0.3, -0.25) is 65.6 Å². The number of ether oxygens (including phenoxy) is 12. The van der Waals surface area contributed by atoms with Crippen molar-refractivity contribution in [3.8, 4) is 0 Å². The summed E-state index contributed by atoms with van der Waals surface area (Å²) in [5.74, 6) is -5.08. The van der Waals surface area contributed by atoms with Crippen LogP contribution in [0, 0.1) is 60.7 Å². The van der Waals surface area contributed by atoms with E-state index in [9.17, 15) is 81.1 Å². The SMILES string of the molecule is CC1(C)O[C@H]2O[C@H](C(O)CN(CC(O)[C@H]3O[C@@H]4OC(C)(C)O[C@@H]4[C@H]3Nc3ccc([N+](=O)[O-])cc3[N+](=O)[O-])CC(O)[C@H]3O[C@@H]4OC(C)(C)O[C@@H]4[C@H]3Nc3ccc([N+](=O)[O-])cc3[N+](=O)[O-])[C@H](NCC(O)[C@H]3O[C@@H]4OC(C)(C)O[C@@H]4[C@H]3Nc3ccc([N+](=O)[O-])cc3[N+](=O)[O-])[C@H]2O1. The van der Waals surface area contributed by atoms with Gasteiger partial charge in [0.25, 0.3) is 34.1 Å². The van der Waals surface area contributed by atoms with Crippen molar-refractivity contribution in [1.29, 1.82) is 0 Å². The Bertz CT molecular complexity index is 3280. The Kier molecular flexibility index (Phi) is 18.2. The lowest BCUT2D eigenvalue weighted by Crippen LogP contribution is -2.57. The number of nitro groups is 6. The van der Waals surface area contributed by atoms with E-state index < -0.39 is 236 Å². The van der Waals surface area contributed by atoms with Gasteiger partial charge in [-0.2, -0.15) is 0 Å². The van der Waals surface area contributed by atoms with E-state index in [1.807, 2.05) is 0 Å². The number of hydrogen-bond acceptors (Lipinski definition) is 33. The number of aliphatic hydroxyl groups is 4. The quantitative estimate of drug-likeness (QED) is 0.0445. The van der Waals surface area contributed by atoms with E-state index in [2.05, 4.69) is 21.3 Å². The normalized spacial score (nSPS) is 33.6. The van der Waals surface area contributed by atoms with E-state index >= 15 is 0 Å². The fourth-order valence-electron chi connectivity index (χ4n) is 13.1. The van der Waals surface area contributed by atoms with Gasteiger partial charge in [-0.05, 0) is 73.6 Å². The van der Waals surface area contributed by atoms with Crippen molar-refractivity contribution < 1.29 is 107 Å². The zero-order valence-electron chi connectivity index (χ0n) is 50.8. The van der Waals surface area contributed by atoms with Crippen LogP contribution in [0.5, 0.6) is 0 Å². The molecule has 0 saturated carbocycles. The van der Waals surface area contributed by atoms with Crippen molar-refractivity contribution in [3.05, 3.63) is 115 Å². The van der Waals surface area contributed by atoms with Gasteiger partial charge in [0.1, 0.15) is 65.9 Å². The highest BCUT2D eigenvalue weighted by atomic mass is 16.9. The number of aliphatic hydroxyl groups excluding tert-OH is 4. The second-order valence-corrected chi connectivity index (χ2v) is 25.4. The highest BCUT2D eigenvalue weighted by Crippen LogP contribution is 2.46. The minimum absolute atomic E-state index is 0.173. The molecule has 11 rings (SSSR count). The Balaban J connectivity index is 0.892. The van der Waals surface area contributed by atoms with Crippen LogP contribution in [-0.2, 0) is 56.8 Å². The number of anilines is 3. The first-order chi connectivity index (χ1) is 43.5. The molecule has 0 aromatic heterocycles. The minimum atomic E-state index is -1.73. The van der Waals surface area contributed by atoms with Gasteiger partial charge < -0.3 is 98.5 Å². The van der Waals surface area contributed by atoms with E-state index in [4.69, 9.17) is 56.8 Å². The van der Waals surface area contributed by atoms with Crippen molar-refractivity contribution in [2.24, 2.45) is 0 Å². The van der Waals surface area contributed by atoms with Crippen LogP contribution in [0.25, 0.3) is 0 Å². The third-order valence-electron chi connectivity index (χ3n) is 16.9. The Labute approximate surface area is 525 Å². The van der Waals surface area contributed by atoms with Gasteiger partial charge >= 0.3 is 0 Å². The number of rotatable bonds is 25. The molecule has 20 atom stereocenters. The summed E-state index contributed by atoms with van der Waals surface area (Å²) in [4.78, 5) is 68.5. The Hall–Kier alpha value is -7.26. The summed E-state index contributed by atoms with van der Waals surface area (Å²) in [5.41, 5.74) is -4.48. The number of benzene rings is 3. The molecular weight excluding hydrogens is 1250 g/mol. The second-order valence-electron chi connectivity index (χ2n) is 25.4. The van der Waals surface area contributed by atoms with E-state index in [-0.39, 0.29) is 17.1 Å². The van der Waals surface area contributed by atoms with Crippen molar-refractivity contribution in [3.63, 3.8) is 0 Å². The van der Waals surface area contributed by atoms with Crippen molar-refractivity contribution in [1.82, 2.24) is 10.2 Å². The highest BCUT2D eigenvalue weighted by Gasteiger charge is 2.62. The third-order valence-corrected chi connectivity index (χ3v) is 16.9. The summed E-state index contributed by atoms with van der Waals surface area (Å²) >= 11 is 0. The molecule has 0 aliphatic carbocycles. The lowest BCUT2D eigenvalue weighted by Gasteiger charge is -2.37. The Morgan fingerprint density at radius 1 is 0.398 bits per heavy atom. The molecule has 8 fully saturated rings. The first kappa shape index (κ1) is 67.2. The van der Waals surface area contributed by atoms with Gasteiger partial charge in [0.05, 0.1) is 96.3 Å². The molecule has 4 unspecified atom stereocenters. The molecular formula is C54H69N11O28. The molecule has 508 valence electrons. The first-order valence-corrected chi connectivity index (χ1v) is 29.4. The molecule has 8 saturated heterocycles. The maximum atomic E-state index is 12.7. The number of non-ortho nitro benzene ring substituents is 3. The van der Waals surface area contributed by atoms with Gasteiger partial charge in [0.2, 0.25) is 0 Å². The predicted octanol–water partition coefficient (Wildman–Crippen LogP) is 2.09. The standard InChI is InChI=1S/C54H69N11O28/c1-51(2)86-43-35(55-18-31(66)39-36(44-48(82-39)91-52(3,4)87-44)56-25-12-9-22(60(70)71)15-28(25)63(76)77)40(83-47(43)90-51)32(67)19-59(20-33(68)41-37(45-49(84-41)92-53(5,6)88-45)57-26-13-10-23(61(72)73)16-29(26)64(78)79)21-34(69)42-38(46-50(85-42)93-54(7,8)89-46)58-27-14-11-24(62(74)75)17-30(27)65(80)81/h9-17,31-50,55-58,66-69H,18-21H2,1-8H3/t31?,32?,33?,34?,35-,36-,37-,38-,39+,40+,41+,42+,43+,44+,45+,46+,47+,48+,49+,50+/m0/s1. The largest absolute Gasteiger partial charge is 0.389 e. The molecule has 3 aromatic carbocycles. The van der Waals surface area contributed by atoms with Gasteiger partial charge in [-0.1, -0.05) is 0 Å². The minimum Gasteiger partial charge on any atom is -0.389 e. The molecule has 3 aromatic rings. The molecule has 0 radical (unpaired) electrons. The fourth-order valence-corrected chi connectivity index (χ4v) is 13.1.